The van der Waals surface area contributed by atoms with Crippen LogP contribution in [0.15, 0.2) is 57.3 Å². The smallest absolute Gasteiger partial charge is 0.336 e. The van der Waals surface area contributed by atoms with Gasteiger partial charge in [0.25, 0.3) is 0 Å². The Balaban J connectivity index is 2.05. The summed E-state index contributed by atoms with van der Waals surface area (Å²) in [5, 5.41) is 19.1. The van der Waals surface area contributed by atoms with Crippen LogP contribution in [0.1, 0.15) is 27.2 Å². The minimum atomic E-state index is -0.627. The van der Waals surface area contributed by atoms with Gasteiger partial charge in [-0.25, -0.2) is 9.68 Å². The number of aromatic hydroxyl groups is 1. The maximum absolute atomic E-state index is 11.3. The molecule has 0 saturated carbocycles. The maximum Gasteiger partial charge on any atom is 0.336 e. The Morgan fingerprint density at radius 3 is 2.80 bits per heavy atom. The van der Waals surface area contributed by atoms with Crippen LogP contribution >= 0.6 is 0 Å². The first kappa shape index (κ1) is 18.8. The van der Waals surface area contributed by atoms with Crippen molar-refractivity contribution in [1.29, 1.82) is 0 Å². The van der Waals surface area contributed by atoms with E-state index in [1.807, 2.05) is 25.2 Å². The van der Waals surface area contributed by atoms with E-state index in [9.17, 15) is 9.90 Å². The summed E-state index contributed by atoms with van der Waals surface area (Å²) in [5.74, 6) is 0.394. The van der Waals surface area contributed by atoms with Crippen molar-refractivity contribution in [3.05, 3.63) is 58.5 Å². The van der Waals surface area contributed by atoms with Crippen LogP contribution in [-0.4, -0.2) is 22.6 Å². The molecule has 0 bridgehead atoms. The fourth-order valence-electron chi connectivity index (χ4n) is 2.15. The molecule has 0 atom stereocenters. The van der Waals surface area contributed by atoms with Crippen LogP contribution in [0.25, 0.3) is 11.0 Å². The fraction of sp³-hybridized carbons (Fsp3) is 0.316. The Kier molecular flexibility index (Phi) is 6.01. The van der Waals surface area contributed by atoms with Crippen LogP contribution < -0.4 is 10.4 Å². The second-order valence-electron chi connectivity index (χ2n) is 6.33. The highest BCUT2D eigenvalue weighted by Crippen LogP contribution is 2.29. The third-order valence-corrected chi connectivity index (χ3v) is 3.57. The molecule has 0 aliphatic carbocycles. The lowest BCUT2D eigenvalue weighted by atomic mass is 10.0. The largest absolute Gasteiger partial charge is 0.508 e. The van der Waals surface area contributed by atoms with E-state index in [0.29, 0.717) is 17.6 Å². The Morgan fingerprint density at radius 1 is 1.32 bits per heavy atom. The molecule has 0 unspecified atom stereocenters. The van der Waals surface area contributed by atoms with E-state index in [2.05, 4.69) is 4.89 Å². The third-order valence-electron chi connectivity index (χ3n) is 3.57. The first-order valence-corrected chi connectivity index (χ1v) is 7.86. The number of benzene rings is 1. The molecule has 0 amide bonds. The van der Waals surface area contributed by atoms with Crippen molar-refractivity contribution >= 4 is 11.0 Å². The van der Waals surface area contributed by atoms with Crippen LogP contribution in [0, 0.1) is 0 Å². The molecule has 0 spiro atoms. The van der Waals surface area contributed by atoms with Gasteiger partial charge in [0, 0.05) is 18.2 Å². The van der Waals surface area contributed by atoms with Gasteiger partial charge in [-0.2, -0.15) is 0 Å². The number of phenolic OH excluding ortho intramolecular Hbond substituents is 1. The predicted molar refractivity (Wildman–Crippen MR) is 95.0 cm³/mol. The molecule has 2 N–H and O–H groups in total. The van der Waals surface area contributed by atoms with Gasteiger partial charge in [-0.1, -0.05) is 17.7 Å². The van der Waals surface area contributed by atoms with Gasteiger partial charge in [0.2, 0.25) is 0 Å². The summed E-state index contributed by atoms with van der Waals surface area (Å²) < 4.78 is 10.7. The number of hydrogen-bond donors (Lipinski definition) is 2. The lowest BCUT2D eigenvalue weighted by molar-refractivity contribution is -0.311. The van der Waals surface area contributed by atoms with E-state index < -0.39 is 11.2 Å². The zero-order valence-corrected chi connectivity index (χ0v) is 14.5. The second kappa shape index (κ2) is 8.00. The first-order chi connectivity index (χ1) is 11.8. The van der Waals surface area contributed by atoms with Crippen LogP contribution in [0.3, 0.4) is 0 Å². The van der Waals surface area contributed by atoms with Crippen molar-refractivity contribution in [1.82, 2.24) is 0 Å². The number of rotatable bonds is 7. The van der Waals surface area contributed by atoms with Crippen molar-refractivity contribution in [3.63, 3.8) is 0 Å². The highest BCUT2D eigenvalue weighted by molar-refractivity contribution is 5.84. The van der Waals surface area contributed by atoms with Crippen LogP contribution in [0.4, 0.5) is 0 Å². The van der Waals surface area contributed by atoms with Crippen molar-refractivity contribution < 1.29 is 24.4 Å². The number of ether oxygens (including phenoxy) is 1. The number of phenols is 1. The lowest BCUT2D eigenvalue weighted by Gasteiger charge is -2.17. The predicted octanol–water partition coefficient (Wildman–Crippen LogP) is 4.04. The molecule has 0 radical (unpaired) electrons. The van der Waals surface area contributed by atoms with Gasteiger partial charge in [0.05, 0.1) is 5.39 Å². The fourth-order valence-corrected chi connectivity index (χ4v) is 2.15. The molecule has 2 aromatic rings. The topological polar surface area (TPSA) is 89.1 Å². The van der Waals surface area contributed by atoms with Crippen LogP contribution in [0.5, 0.6) is 11.5 Å². The van der Waals surface area contributed by atoms with Crippen molar-refractivity contribution in [2.24, 2.45) is 0 Å². The molecule has 0 fully saturated rings. The SMILES string of the molecule is CC(/C=C/CC(C)(C)OO)=C\COc1cc(O)cc2oc(=O)ccc12. The summed E-state index contributed by atoms with van der Waals surface area (Å²) in [6.45, 7) is 5.77. The standard InChI is InChI=1S/C19H22O6/c1-13(5-4-9-19(2,3)25-22)8-10-23-16-11-14(20)12-17-15(16)6-7-18(21)24-17/h4-8,11-12,20,22H,9-10H2,1-3H3/b5-4+,13-8+. The monoisotopic (exact) mass is 346 g/mol. The average Bonchev–Trinajstić information content (AvgIpc) is 2.54. The van der Waals surface area contributed by atoms with E-state index >= 15 is 0 Å². The van der Waals surface area contributed by atoms with Crippen LogP contribution in [-0.2, 0) is 4.89 Å². The average molecular weight is 346 g/mol. The van der Waals surface area contributed by atoms with Gasteiger partial charge in [-0.05, 0) is 39.3 Å². The molecule has 6 nitrogen and oxygen atoms in total. The zero-order chi connectivity index (χ0) is 18.4. The van der Waals surface area contributed by atoms with Gasteiger partial charge in [0.15, 0.2) is 0 Å². The quantitative estimate of drug-likeness (QED) is 0.340. The van der Waals surface area contributed by atoms with Gasteiger partial charge in [0.1, 0.15) is 29.3 Å². The minimum absolute atomic E-state index is 0.0383. The number of allylic oxidation sites excluding steroid dienone is 2. The zero-order valence-electron chi connectivity index (χ0n) is 14.5. The third kappa shape index (κ3) is 5.48. The molecule has 0 aliphatic rings. The summed E-state index contributed by atoms with van der Waals surface area (Å²) in [6.07, 6.45) is 6.24. The Bertz CT molecular complexity index is 845. The second-order valence-corrected chi connectivity index (χ2v) is 6.33. The van der Waals surface area contributed by atoms with Gasteiger partial charge >= 0.3 is 5.63 Å². The molecular formula is C19H22O6. The van der Waals surface area contributed by atoms with E-state index in [4.69, 9.17) is 14.4 Å². The van der Waals surface area contributed by atoms with Crippen molar-refractivity contribution in [3.8, 4) is 11.5 Å². The molecule has 134 valence electrons. The lowest BCUT2D eigenvalue weighted by Crippen LogP contribution is -2.21. The Hall–Kier alpha value is -2.57. The Labute approximate surface area is 145 Å². The highest BCUT2D eigenvalue weighted by atomic mass is 17.1. The van der Waals surface area contributed by atoms with Gasteiger partial charge < -0.3 is 14.3 Å². The summed E-state index contributed by atoms with van der Waals surface area (Å²) >= 11 is 0. The summed E-state index contributed by atoms with van der Waals surface area (Å²) in [5.41, 5.74) is 0.135. The minimum Gasteiger partial charge on any atom is -0.508 e. The van der Waals surface area contributed by atoms with Gasteiger partial charge in [-0.3, -0.25) is 5.26 Å². The van der Waals surface area contributed by atoms with Crippen molar-refractivity contribution in [2.75, 3.05) is 6.61 Å². The number of fused-ring (bicyclic) bond motifs is 1. The van der Waals surface area contributed by atoms with Crippen LogP contribution in [0.2, 0.25) is 0 Å². The molecule has 6 heteroatoms. The Morgan fingerprint density at radius 2 is 2.08 bits per heavy atom. The molecule has 0 saturated heterocycles. The summed E-state index contributed by atoms with van der Waals surface area (Å²) in [7, 11) is 0. The summed E-state index contributed by atoms with van der Waals surface area (Å²) in [6, 6.07) is 5.76. The van der Waals surface area contributed by atoms with E-state index in [-0.39, 0.29) is 17.9 Å². The molecule has 1 aromatic carbocycles. The molecule has 2 rings (SSSR count). The summed E-state index contributed by atoms with van der Waals surface area (Å²) in [4.78, 5) is 15.6. The first-order valence-electron chi connectivity index (χ1n) is 7.86. The number of hydrogen-bond acceptors (Lipinski definition) is 6. The van der Waals surface area contributed by atoms with Crippen molar-refractivity contribution in [2.45, 2.75) is 32.8 Å². The van der Waals surface area contributed by atoms with E-state index in [0.717, 1.165) is 5.57 Å². The van der Waals surface area contributed by atoms with Gasteiger partial charge in [-0.15, -0.1) is 0 Å². The maximum atomic E-state index is 11.3. The molecule has 25 heavy (non-hydrogen) atoms. The highest BCUT2D eigenvalue weighted by Gasteiger charge is 2.15. The normalized spacial score (nSPS) is 12.9. The molecule has 0 aliphatic heterocycles. The molecule has 1 heterocycles. The van der Waals surface area contributed by atoms with E-state index in [1.54, 1.807) is 19.9 Å². The van der Waals surface area contributed by atoms with E-state index in [1.165, 1.54) is 18.2 Å². The molecule has 1 aromatic heterocycles. The molecular weight excluding hydrogens is 324 g/mol.